The van der Waals surface area contributed by atoms with Crippen LogP contribution < -0.4 is 10.2 Å². The summed E-state index contributed by atoms with van der Waals surface area (Å²) >= 11 is 1.62. The van der Waals surface area contributed by atoms with E-state index in [4.69, 9.17) is 15.3 Å². The second kappa shape index (κ2) is 11.9. The molecule has 2 aromatic rings. The maximum absolute atomic E-state index is 13.6. The Kier molecular flexibility index (Phi) is 8.36. The number of hydrogen-bond acceptors (Lipinski definition) is 9. The van der Waals surface area contributed by atoms with E-state index in [1.165, 1.54) is 4.90 Å². The van der Waals surface area contributed by atoms with Crippen molar-refractivity contribution >= 4 is 34.1 Å². The average molecular weight is 567 g/mol. The van der Waals surface area contributed by atoms with Crippen molar-refractivity contribution in [2.75, 3.05) is 51.3 Å². The molecule has 40 heavy (non-hydrogen) atoms. The van der Waals surface area contributed by atoms with Gasteiger partial charge in [-0.3, -0.25) is 14.4 Å². The van der Waals surface area contributed by atoms with Gasteiger partial charge in [-0.2, -0.15) is 0 Å². The molecule has 3 aliphatic rings. The lowest BCUT2D eigenvalue weighted by molar-refractivity contribution is -0.138. The fourth-order valence-electron chi connectivity index (χ4n) is 5.49. The summed E-state index contributed by atoms with van der Waals surface area (Å²) in [6.45, 7) is 7.80. The van der Waals surface area contributed by atoms with Gasteiger partial charge in [0, 0.05) is 54.1 Å². The minimum absolute atomic E-state index is 0.0763. The number of ketones is 1. The number of nitrogens with one attached hydrogen (secondary N) is 1. The van der Waals surface area contributed by atoms with Gasteiger partial charge in [-0.1, -0.05) is 31.1 Å². The summed E-state index contributed by atoms with van der Waals surface area (Å²) in [7, 11) is 2.12. The number of carbonyl (C=O) groups is 3. The summed E-state index contributed by atoms with van der Waals surface area (Å²) < 4.78 is 5.53. The first-order valence-electron chi connectivity index (χ1n) is 13.5. The van der Waals surface area contributed by atoms with Gasteiger partial charge in [-0.15, -0.1) is 11.3 Å². The van der Waals surface area contributed by atoms with Crippen LogP contribution in [-0.4, -0.2) is 103 Å². The summed E-state index contributed by atoms with van der Waals surface area (Å²) in [5, 5.41) is 9.65. The van der Waals surface area contributed by atoms with Crippen LogP contribution in [0.25, 0.3) is 21.7 Å². The maximum atomic E-state index is 13.6. The number of thiazole rings is 1. The number of fused-ring (bicyclic) bond motifs is 1. The molecule has 0 radical (unpaired) electrons. The molecule has 0 spiro atoms. The molecule has 3 aliphatic heterocycles. The number of nitrogens with zero attached hydrogens (tertiary/aromatic N) is 7. The van der Waals surface area contributed by atoms with Gasteiger partial charge in [-0.25, -0.2) is 4.98 Å². The Morgan fingerprint density at radius 2 is 1.95 bits per heavy atom. The zero-order valence-corrected chi connectivity index (χ0v) is 23.7. The van der Waals surface area contributed by atoms with Crippen LogP contribution in [0, 0.1) is 5.92 Å². The molecule has 1 aromatic carbocycles. The van der Waals surface area contributed by atoms with Gasteiger partial charge in [0.25, 0.3) is 5.91 Å². The molecule has 1 aromatic heterocycles. The SMILES string of the molecule is CC(C)C[C@H](NC(=O)c1ccc(-c2csc(N3CCN(C)CC3)n2)cc1)C(=O)N1C[C@@H](N=[N+]=[N-])[C@H]2OCC(=O)[C@H]21. The van der Waals surface area contributed by atoms with Crippen LogP contribution in [0.4, 0.5) is 5.13 Å². The predicted octanol–water partition coefficient (Wildman–Crippen LogP) is 2.56. The number of carbonyl (C=O) groups excluding carboxylic acids is 3. The zero-order chi connectivity index (χ0) is 28.4. The summed E-state index contributed by atoms with van der Waals surface area (Å²) in [5.41, 5.74) is 11.1. The number of anilines is 1. The third-order valence-electron chi connectivity index (χ3n) is 7.66. The van der Waals surface area contributed by atoms with Crippen molar-refractivity contribution in [2.45, 2.75) is 44.5 Å². The fraction of sp³-hybridized carbons (Fsp3) is 0.556. The van der Waals surface area contributed by atoms with Crippen LogP contribution in [0.5, 0.6) is 0 Å². The van der Waals surface area contributed by atoms with E-state index in [2.05, 4.69) is 32.2 Å². The number of aromatic nitrogens is 1. The highest BCUT2D eigenvalue weighted by Gasteiger charge is 2.53. The maximum Gasteiger partial charge on any atom is 0.251 e. The van der Waals surface area contributed by atoms with E-state index in [1.54, 1.807) is 23.5 Å². The lowest BCUT2D eigenvalue weighted by Gasteiger charge is -2.32. The van der Waals surface area contributed by atoms with E-state index in [0.717, 1.165) is 42.6 Å². The Morgan fingerprint density at radius 3 is 2.62 bits per heavy atom. The van der Waals surface area contributed by atoms with E-state index in [9.17, 15) is 14.4 Å². The predicted molar refractivity (Wildman–Crippen MR) is 151 cm³/mol. The summed E-state index contributed by atoms with van der Waals surface area (Å²) in [4.78, 5) is 53.1. The molecule has 13 heteroatoms. The first-order chi connectivity index (χ1) is 19.2. The molecule has 1 N–H and O–H groups in total. The number of ether oxygens (including phenoxy) is 1. The average Bonchev–Trinajstić information content (AvgIpc) is 3.66. The number of azide groups is 1. The van der Waals surface area contributed by atoms with E-state index in [0.29, 0.717) is 12.0 Å². The van der Waals surface area contributed by atoms with Crippen molar-refractivity contribution in [3.8, 4) is 11.3 Å². The molecule has 5 rings (SSSR count). The van der Waals surface area contributed by atoms with E-state index in [1.807, 2.05) is 31.4 Å². The quantitative estimate of drug-likeness (QED) is 0.294. The van der Waals surface area contributed by atoms with Crippen LogP contribution in [0.1, 0.15) is 30.6 Å². The van der Waals surface area contributed by atoms with Crippen LogP contribution in [0.3, 0.4) is 0 Å². The Balaban J connectivity index is 1.27. The third-order valence-corrected chi connectivity index (χ3v) is 8.56. The summed E-state index contributed by atoms with van der Waals surface area (Å²) in [5.74, 6) is -0.866. The number of benzene rings is 1. The lowest BCUT2D eigenvalue weighted by atomic mass is 10.0. The minimum Gasteiger partial charge on any atom is -0.367 e. The Morgan fingerprint density at radius 1 is 1.23 bits per heavy atom. The smallest absolute Gasteiger partial charge is 0.251 e. The molecule has 0 aliphatic carbocycles. The summed E-state index contributed by atoms with van der Waals surface area (Å²) in [6.07, 6.45) is -0.260. The van der Waals surface area contributed by atoms with Crippen molar-refractivity contribution in [3.63, 3.8) is 0 Å². The molecule has 2 amide bonds. The van der Waals surface area contributed by atoms with Crippen LogP contribution in [0.15, 0.2) is 34.8 Å². The Bertz CT molecular complexity index is 1300. The third kappa shape index (κ3) is 5.83. The standard InChI is InChI=1S/C27H34N8O4S/c1-16(2)12-19(26(38)35-13-20(31-32-28)24-23(35)22(36)14-39-24)29-25(37)18-6-4-17(5-7-18)21-15-40-27(30-21)34-10-8-33(3)9-11-34/h4-7,15-16,19-20,23-24H,8-14H2,1-3H3,(H,29,37)/t19-,20+,23+,24+/m0/s1. The lowest BCUT2D eigenvalue weighted by Crippen LogP contribution is -2.52. The molecular weight excluding hydrogens is 532 g/mol. The van der Waals surface area contributed by atoms with Crippen molar-refractivity contribution < 1.29 is 19.1 Å². The van der Waals surface area contributed by atoms with E-state index in [-0.39, 0.29) is 36.7 Å². The molecule has 0 unspecified atom stereocenters. The molecule has 212 valence electrons. The number of likely N-dealkylation sites (N-methyl/N-ethyl adjacent to an activating group) is 1. The molecule has 3 saturated heterocycles. The fourth-order valence-corrected chi connectivity index (χ4v) is 6.38. The number of piperazine rings is 1. The molecular formula is C27H34N8O4S. The first kappa shape index (κ1) is 28.0. The number of Topliss-reactive ketones (excluding diaryl/α,β-unsaturated/α-hetero) is 1. The normalized spacial score (nSPS) is 23.7. The van der Waals surface area contributed by atoms with Gasteiger partial charge < -0.3 is 24.8 Å². The van der Waals surface area contributed by atoms with Gasteiger partial charge in [0.2, 0.25) is 5.91 Å². The molecule has 3 fully saturated rings. The largest absolute Gasteiger partial charge is 0.367 e. The van der Waals surface area contributed by atoms with Crippen LogP contribution in [-0.2, 0) is 14.3 Å². The number of likely N-dealkylation sites (tertiary alicyclic amines) is 1. The molecule has 12 nitrogen and oxygen atoms in total. The highest BCUT2D eigenvalue weighted by molar-refractivity contribution is 7.14. The second-order valence-electron chi connectivity index (χ2n) is 11.0. The van der Waals surface area contributed by atoms with Crippen LogP contribution in [0.2, 0.25) is 0 Å². The molecule has 0 saturated carbocycles. The molecule has 4 atom stereocenters. The van der Waals surface area contributed by atoms with Crippen LogP contribution >= 0.6 is 11.3 Å². The van der Waals surface area contributed by atoms with E-state index >= 15 is 0 Å². The Hall–Kier alpha value is -3.51. The van der Waals surface area contributed by atoms with Gasteiger partial charge in [0.15, 0.2) is 10.9 Å². The van der Waals surface area contributed by atoms with Gasteiger partial charge >= 0.3 is 0 Å². The molecule has 0 bridgehead atoms. The van der Waals surface area contributed by atoms with E-state index < -0.39 is 24.2 Å². The first-order valence-corrected chi connectivity index (χ1v) is 14.4. The van der Waals surface area contributed by atoms with Crippen molar-refractivity contribution in [2.24, 2.45) is 11.0 Å². The van der Waals surface area contributed by atoms with Gasteiger partial charge in [0.05, 0.1) is 17.8 Å². The second-order valence-corrected chi connectivity index (χ2v) is 11.8. The topological polar surface area (TPSA) is 144 Å². The van der Waals surface area contributed by atoms with Crippen molar-refractivity contribution in [3.05, 3.63) is 45.7 Å². The van der Waals surface area contributed by atoms with Crippen molar-refractivity contribution in [1.29, 1.82) is 0 Å². The number of hydrogen-bond donors (Lipinski definition) is 1. The highest BCUT2D eigenvalue weighted by atomic mass is 32.1. The minimum atomic E-state index is -0.837. The van der Waals surface area contributed by atoms with Crippen molar-refractivity contribution in [1.82, 2.24) is 20.1 Å². The monoisotopic (exact) mass is 566 g/mol. The molecule has 4 heterocycles. The van der Waals surface area contributed by atoms with Gasteiger partial charge in [0.1, 0.15) is 18.7 Å². The van der Waals surface area contributed by atoms with Gasteiger partial charge in [-0.05, 0) is 37.1 Å². The Labute approximate surface area is 236 Å². The zero-order valence-electron chi connectivity index (χ0n) is 22.9. The number of amides is 2. The number of rotatable bonds is 8. The highest BCUT2D eigenvalue weighted by Crippen LogP contribution is 2.31. The summed E-state index contributed by atoms with van der Waals surface area (Å²) in [6, 6.07) is 4.90.